The minimum Gasteiger partial charge on any atom is -0.444 e. The fourth-order valence-electron chi connectivity index (χ4n) is 4.14. The van der Waals surface area contributed by atoms with Crippen LogP contribution in [0, 0.1) is 0 Å². The number of nitrogens with one attached hydrogen (secondary N) is 1. The molecule has 0 heterocycles. The monoisotopic (exact) mass is 605 g/mol. The number of carbonyl (C=O) groups excluding carboxylic acids is 1. The van der Waals surface area contributed by atoms with Gasteiger partial charge in [-0.1, -0.05) is 90.4 Å². The quantitative estimate of drug-likeness (QED) is 0.0793. The molecule has 0 aliphatic carbocycles. The van der Waals surface area contributed by atoms with E-state index in [1.165, 1.54) is 83.5 Å². The maximum Gasteiger partial charge on any atom is 0.407 e. The molecule has 42 heavy (non-hydrogen) atoms. The van der Waals surface area contributed by atoms with Gasteiger partial charge < -0.3 is 38.5 Å². The first kappa shape index (κ1) is 41.0. The fraction of sp³-hybridized carbons (Fsp3) is 0.970. The van der Waals surface area contributed by atoms with Crippen LogP contribution in [0.15, 0.2) is 0 Å². The van der Waals surface area contributed by atoms with Crippen LogP contribution in [0.2, 0.25) is 0 Å². The molecule has 0 aliphatic rings. The molecule has 252 valence electrons. The lowest BCUT2D eigenvalue weighted by atomic mass is 10.0. The van der Waals surface area contributed by atoms with E-state index in [1.807, 2.05) is 20.8 Å². The highest BCUT2D eigenvalue weighted by Gasteiger charge is 2.15. The SMILES string of the molecule is CCCCCCCCCCCCCCCCOCCOCCOCCOCCOCCOCCNC(=O)OC(C)(C)C. The average molecular weight is 606 g/mol. The highest BCUT2D eigenvalue weighted by Crippen LogP contribution is 2.13. The zero-order valence-corrected chi connectivity index (χ0v) is 27.9. The van der Waals surface area contributed by atoms with Gasteiger partial charge >= 0.3 is 6.09 Å². The predicted octanol–water partition coefficient (Wildman–Crippen LogP) is 7.09. The van der Waals surface area contributed by atoms with Gasteiger partial charge in [-0.15, -0.1) is 0 Å². The number of ether oxygens (including phenoxy) is 7. The van der Waals surface area contributed by atoms with Crippen LogP contribution < -0.4 is 5.32 Å². The summed E-state index contributed by atoms with van der Waals surface area (Å²) in [5.41, 5.74) is -0.498. The molecule has 0 aromatic carbocycles. The number of amides is 1. The average Bonchev–Trinajstić information content (AvgIpc) is 2.94. The summed E-state index contributed by atoms with van der Waals surface area (Å²) in [6.07, 6.45) is 18.8. The van der Waals surface area contributed by atoms with E-state index in [-0.39, 0.29) is 0 Å². The molecule has 1 amide bonds. The van der Waals surface area contributed by atoms with Crippen molar-refractivity contribution in [3.63, 3.8) is 0 Å². The van der Waals surface area contributed by atoms with E-state index in [0.29, 0.717) is 79.2 Å². The van der Waals surface area contributed by atoms with Crippen LogP contribution in [-0.4, -0.2) is 97.5 Å². The molecule has 0 unspecified atom stereocenters. The molecule has 0 aromatic heterocycles. The topological polar surface area (TPSA) is 93.7 Å². The second kappa shape index (κ2) is 32.9. The highest BCUT2D eigenvalue weighted by atomic mass is 16.6. The third kappa shape index (κ3) is 37.1. The molecule has 0 saturated heterocycles. The van der Waals surface area contributed by atoms with Gasteiger partial charge in [-0.2, -0.15) is 0 Å². The molecule has 1 N–H and O–H groups in total. The Morgan fingerprint density at radius 1 is 0.452 bits per heavy atom. The van der Waals surface area contributed by atoms with E-state index < -0.39 is 11.7 Å². The standard InChI is InChI=1S/C33H67NO8/c1-5-6-7-8-9-10-11-12-13-14-15-16-17-18-20-36-22-24-38-26-28-40-30-31-41-29-27-39-25-23-37-21-19-34-32(35)42-33(2,3)4/h5-31H2,1-4H3,(H,34,35). The molecular weight excluding hydrogens is 538 g/mol. The third-order valence-corrected chi connectivity index (χ3v) is 6.42. The first-order chi connectivity index (χ1) is 20.5. The van der Waals surface area contributed by atoms with Crippen LogP contribution in [0.4, 0.5) is 4.79 Å². The molecule has 0 spiro atoms. The van der Waals surface area contributed by atoms with Crippen molar-refractivity contribution in [2.24, 2.45) is 0 Å². The minimum atomic E-state index is -0.498. The number of hydrogen-bond donors (Lipinski definition) is 1. The van der Waals surface area contributed by atoms with Gasteiger partial charge in [0.25, 0.3) is 0 Å². The molecule has 0 radical (unpaired) electrons. The summed E-state index contributed by atoms with van der Waals surface area (Å²) in [6, 6.07) is 0. The lowest BCUT2D eigenvalue weighted by Gasteiger charge is -2.19. The van der Waals surface area contributed by atoms with Crippen LogP contribution >= 0.6 is 0 Å². The molecule has 0 aromatic rings. The van der Waals surface area contributed by atoms with Crippen molar-refractivity contribution in [1.29, 1.82) is 0 Å². The maximum absolute atomic E-state index is 11.5. The summed E-state index contributed by atoms with van der Waals surface area (Å²) >= 11 is 0. The molecule has 0 aliphatic heterocycles. The van der Waals surface area contributed by atoms with E-state index in [4.69, 9.17) is 33.2 Å². The molecule has 0 bridgehead atoms. The summed E-state index contributed by atoms with van der Waals surface area (Å²) in [5, 5.41) is 2.64. The second-order valence-corrected chi connectivity index (χ2v) is 11.7. The van der Waals surface area contributed by atoms with E-state index in [2.05, 4.69) is 12.2 Å². The number of unbranched alkanes of at least 4 members (excludes halogenated alkanes) is 13. The van der Waals surface area contributed by atoms with Gasteiger partial charge in [-0.3, -0.25) is 0 Å². The van der Waals surface area contributed by atoms with Crippen LogP contribution in [0.3, 0.4) is 0 Å². The Hall–Kier alpha value is -0.970. The summed E-state index contributed by atoms with van der Waals surface area (Å²) in [4.78, 5) is 11.5. The van der Waals surface area contributed by atoms with Gasteiger partial charge in [0.1, 0.15) is 5.60 Å². The zero-order chi connectivity index (χ0) is 30.8. The maximum atomic E-state index is 11.5. The fourth-order valence-corrected chi connectivity index (χ4v) is 4.14. The largest absolute Gasteiger partial charge is 0.444 e. The van der Waals surface area contributed by atoms with Crippen molar-refractivity contribution in [2.45, 2.75) is 123 Å². The summed E-state index contributed by atoms with van der Waals surface area (Å²) in [7, 11) is 0. The number of carbonyl (C=O) groups is 1. The Kier molecular flexibility index (Phi) is 32.2. The molecular formula is C33H67NO8. The zero-order valence-electron chi connectivity index (χ0n) is 27.9. The second-order valence-electron chi connectivity index (χ2n) is 11.7. The van der Waals surface area contributed by atoms with Gasteiger partial charge in [0.05, 0.1) is 72.7 Å². The molecule has 9 heteroatoms. The summed E-state index contributed by atoms with van der Waals surface area (Å²) in [5.74, 6) is 0. The lowest BCUT2D eigenvalue weighted by Crippen LogP contribution is -2.34. The van der Waals surface area contributed by atoms with Crippen molar-refractivity contribution in [2.75, 3.05) is 85.8 Å². The molecule has 9 nitrogen and oxygen atoms in total. The summed E-state index contributed by atoms with van der Waals surface area (Å²) in [6.45, 7) is 14.8. The Balaban J connectivity index is 3.09. The number of rotatable bonds is 33. The third-order valence-electron chi connectivity index (χ3n) is 6.42. The van der Waals surface area contributed by atoms with E-state index in [0.717, 1.165) is 13.0 Å². The Morgan fingerprint density at radius 2 is 0.762 bits per heavy atom. The van der Waals surface area contributed by atoms with Gasteiger partial charge in [0, 0.05) is 13.2 Å². The van der Waals surface area contributed by atoms with Crippen LogP contribution in [-0.2, 0) is 33.2 Å². The molecule has 0 rings (SSSR count). The lowest BCUT2D eigenvalue weighted by molar-refractivity contribution is -0.0167. The number of alkyl carbamates (subject to hydrolysis) is 1. The van der Waals surface area contributed by atoms with Crippen molar-refractivity contribution in [3.05, 3.63) is 0 Å². The smallest absolute Gasteiger partial charge is 0.407 e. The van der Waals surface area contributed by atoms with Crippen molar-refractivity contribution in [3.8, 4) is 0 Å². The first-order valence-corrected chi connectivity index (χ1v) is 16.9. The van der Waals surface area contributed by atoms with E-state index in [9.17, 15) is 4.79 Å². The van der Waals surface area contributed by atoms with Gasteiger partial charge in [0.15, 0.2) is 0 Å². The Labute approximate surface area is 258 Å². The van der Waals surface area contributed by atoms with Gasteiger partial charge in [-0.05, 0) is 27.2 Å². The number of hydrogen-bond acceptors (Lipinski definition) is 8. The van der Waals surface area contributed by atoms with E-state index in [1.54, 1.807) is 0 Å². The van der Waals surface area contributed by atoms with Crippen LogP contribution in [0.25, 0.3) is 0 Å². The van der Waals surface area contributed by atoms with Crippen LogP contribution in [0.5, 0.6) is 0 Å². The highest BCUT2D eigenvalue weighted by molar-refractivity contribution is 5.67. The Morgan fingerprint density at radius 3 is 1.12 bits per heavy atom. The van der Waals surface area contributed by atoms with Crippen molar-refractivity contribution < 1.29 is 38.0 Å². The van der Waals surface area contributed by atoms with Crippen molar-refractivity contribution >= 4 is 6.09 Å². The van der Waals surface area contributed by atoms with Gasteiger partial charge in [0.2, 0.25) is 0 Å². The van der Waals surface area contributed by atoms with Crippen LogP contribution in [0.1, 0.15) is 118 Å². The Bertz CT molecular complexity index is 545. The summed E-state index contributed by atoms with van der Waals surface area (Å²) < 4.78 is 38.2. The molecule has 0 saturated carbocycles. The molecule has 0 fully saturated rings. The van der Waals surface area contributed by atoms with E-state index >= 15 is 0 Å². The molecule has 0 atom stereocenters. The minimum absolute atomic E-state index is 0.399. The first-order valence-electron chi connectivity index (χ1n) is 16.9. The van der Waals surface area contributed by atoms with Gasteiger partial charge in [-0.25, -0.2) is 4.79 Å². The predicted molar refractivity (Wildman–Crippen MR) is 169 cm³/mol. The normalized spacial score (nSPS) is 11.7. The van der Waals surface area contributed by atoms with Crippen molar-refractivity contribution in [1.82, 2.24) is 5.32 Å².